The number of nitrogens with zero attached hydrogens (tertiary/aromatic N) is 2. The van der Waals surface area contributed by atoms with Gasteiger partial charge >= 0.3 is 0 Å². The molecule has 4 aromatic carbocycles. The first kappa shape index (κ1) is 41.3. The molecule has 1 atom stereocenters. The standard InChI is InChI=1S/C39H47N5O9S2/c1-52-38-26-29(8-7-21-43-22-24-53-25-23-43)12-18-35(38)30-13-15-31(16-14-30)39(45)42-55(50,51)34-17-19-36(37(27-34)44(46)47)41-32(9-5-6-20-40)28-54(48,49)33-10-3-2-4-11-33/h2-4,10-19,26-27,32,41H,5-9,20-25,28,40H2,1H3,(H,42,45)/t32-/m1/s1. The number of anilines is 1. The molecule has 1 saturated heterocycles. The van der Waals surface area contributed by atoms with E-state index >= 15 is 0 Å². The average molecular weight is 794 g/mol. The molecule has 4 aromatic rings. The summed E-state index contributed by atoms with van der Waals surface area (Å²) >= 11 is 0. The molecule has 1 amide bonds. The number of carbonyl (C=O) groups excluding carboxylic acids is 1. The highest BCUT2D eigenvalue weighted by Gasteiger charge is 2.27. The number of nitrogens with one attached hydrogen (secondary N) is 2. The van der Waals surface area contributed by atoms with Crippen LogP contribution in [0.5, 0.6) is 5.75 Å². The predicted molar refractivity (Wildman–Crippen MR) is 211 cm³/mol. The number of hydrogen-bond acceptors (Lipinski definition) is 12. The fourth-order valence-electron chi connectivity index (χ4n) is 6.40. The van der Waals surface area contributed by atoms with Crippen molar-refractivity contribution in [2.24, 2.45) is 5.73 Å². The topological polar surface area (TPSA) is 200 Å². The molecule has 0 bridgehead atoms. The number of morpholine rings is 1. The predicted octanol–water partition coefficient (Wildman–Crippen LogP) is 5.04. The van der Waals surface area contributed by atoms with Crippen molar-refractivity contribution in [1.82, 2.24) is 9.62 Å². The van der Waals surface area contributed by atoms with Gasteiger partial charge in [-0.15, -0.1) is 0 Å². The van der Waals surface area contributed by atoms with Gasteiger partial charge in [0.05, 0.1) is 40.8 Å². The first-order valence-electron chi connectivity index (χ1n) is 18.1. The highest BCUT2D eigenvalue weighted by molar-refractivity contribution is 7.91. The second-order valence-corrected chi connectivity index (χ2v) is 17.0. The Bertz CT molecular complexity index is 2140. The number of benzene rings is 4. The lowest BCUT2D eigenvalue weighted by Gasteiger charge is -2.26. The third-order valence-electron chi connectivity index (χ3n) is 9.36. The minimum atomic E-state index is -4.55. The monoisotopic (exact) mass is 793 g/mol. The molecule has 4 N–H and O–H groups in total. The van der Waals surface area contributed by atoms with Crippen LogP contribution in [0.4, 0.5) is 11.4 Å². The average Bonchev–Trinajstić information content (AvgIpc) is 3.18. The molecule has 1 heterocycles. The van der Waals surface area contributed by atoms with Crippen molar-refractivity contribution < 1.29 is 36.0 Å². The van der Waals surface area contributed by atoms with Crippen LogP contribution in [0.1, 0.15) is 41.6 Å². The van der Waals surface area contributed by atoms with Crippen LogP contribution in [0.25, 0.3) is 11.1 Å². The Morgan fingerprint density at radius 1 is 0.927 bits per heavy atom. The second kappa shape index (κ2) is 19.1. The van der Waals surface area contributed by atoms with E-state index in [1.54, 1.807) is 37.4 Å². The van der Waals surface area contributed by atoms with E-state index in [1.165, 1.54) is 30.3 Å². The molecule has 0 aromatic heterocycles. The molecule has 0 spiro atoms. The summed E-state index contributed by atoms with van der Waals surface area (Å²) in [4.78, 5) is 26.5. The lowest BCUT2D eigenvalue weighted by molar-refractivity contribution is -0.384. The number of nitro benzene ring substituents is 1. The molecule has 0 aliphatic carbocycles. The summed E-state index contributed by atoms with van der Waals surface area (Å²) in [6, 6.07) is 22.6. The second-order valence-electron chi connectivity index (χ2n) is 13.3. The first-order chi connectivity index (χ1) is 26.4. The van der Waals surface area contributed by atoms with Crippen LogP contribution in [0.3, 0.4) is 0 Å². The number of aryl methyl sites for hydroxylation is 1. The highest BCUT2D eigenvalue weighted by atomic mass is 32.2. The summed E-state index contributed by atoms with van der Waals surface area (Å²) < 4.78 is 66.1. The van der Waals surface area contributed by atoms with E-state index in [9.17, 15) is 31.7 Å². The lowest BCUT2D eigenvalue weighted by atomic mass is 9.99. The normalized spacial score (nSPS) is 14.2. The number of nitrogens with two attached hydrogens (primary N) is 1. The SMILES string of the molecule is COc1cc(CCCN2CCOCC2)ccc1-c1ccc(C(=O)NS(=O)(=O)c2ccc(N[C@H](CCCCN)CS(=O)(=O)c3ccccc3)c([N+](=O)[O-])c2)cc1. The number of nitro groups is 1. The Labute approximate surface area is 322 Å². The fraction of sp³-hybridized carbons (Fsp3) is 0.359. The molecule has 1 aliphatic heterocycles. The van der Waals surface area contributed by atoms with Crippen LogP contribution in [0.2, 0.25) is 0 Å². The summed E-state index contributed by atoms with van der Waals surface area (Å²) in [5.74, 6) is -0.616. The van der Waals surface area contributed by atoms with Gasteiger partial charge in [0.25, 0.3) is 21.6 Å². The number of amides is 1. The maximum Gasteiger partial charge on any atom is 0.293 e. The van der Waals surface area contributed by atoms with Gasteiger partial charge in [0.15, 0.2) is 9.84 Å². The van der Waals surface area contributed by atoms with E-state index < -0.39 is 47.3 Å². The summed E-state index contributed by atoms with van der Waals surface area (Å²) in [6.07, 6.45) is 3.40. The number of sulfonamides is 1. The minimum Gasteiger partial charge on any atom is -0.496 e. The van der Waals surface area contributed by atoms with Crippen molar-refractivity contribution >= 4 is 37.1 Å². The van der Waals surface area contributed by atoms with Crippen LogP contribution < -0.4 is 20.5 Å². The van der Waals surface area contributed by atoms with Crippen LogP contribution >= 0.6 is 0 Å². The fourth-order valence-corrected chi connectivity index (χ4v) is 8.93. The Morgan fingerprint density at radius 3 is 2.33 bits per heavy atom. The summed E-state index contributed by atoms with van der Waals surface area (Å²) in [5, 5.41) is 15.1. The number of unbranched alkanes of at least 4 members (excludes halogenated alkanes) is 1. The number of carbonyl (C=O) groups is 1. The van der Waals surface area contributed by atoms with Gasteiger partial charge in [0.2, 0.25) is 0 Å². The number of ether oxygens (including phenoxy) is 2. The van der Waals surface area contributed by atoms with Crippen LogP contribution in [0, 0.1) is 10.1 Å². The van der Waals surface area contributed by atoms with Gasteiger partial charge in [0.1, 0.15) is 11.4 Å². The van der Waals surface area contributed by atoms with Crippen LogP contribution in [0.15, 0.2) is 101 Å². The van der Waals surface area contributed by atoms with Crippen LogP contribution in [-0.2, 0) is 31.0 Å². The zero-order valence-electron chi connectivity index (χ0n) is 30.7. The lowest BCUT2D eigenvalue weighted by Crippen LogP contribution is -2.36. The molecule has 0 unspecified atom stereocenters. The maximum atomic E-state index is 13.3. The molecule has 55 heavy (non-hydrogen) atoms. The molecule has 0 radical (unpaired) electrons. The molecule has 1 fully saturated rings. The number of rotatable bonds is 19. The summed E-state index contributed by atoms with van der Waals surface area (Å²) in [5.41, 5.74) is 7.72. The molecular formula is C39H47N5O9S2. The van der Waals surface area contributed by atoms with Gasteiger partial charge in [-0.05, 0) is 92.4 Å². The Hall–Kier alpha value is -4.87. The summed E-state index contributed by atoms with van der Waals surface area (Å²) in [7, 11) is -6.73. The van der Waals surface area contributed by atoms with Gasteiger partial charge in [-0.25, -0.2) is 21.6 Å². The smallest absolute Gasteiger partial charge is 0.293 e. The number of methoxy groups -OCH3 is 1. The molecule has 14 nitrogen and oxygen atoms in total. The molecule has 5 rings (SSSR count). The first-order valence-corrected chi connectivity index (χ1v) is 21.2. The maximum absolute atomic E-state index is 13.3. The van der Waals surface area contributed by atoms with E-state index in [0.29, 0.717) is 31.6 Å². The quantitative estimate of drug-likeness (QED) is 0.0650. The number of hydrogen-bond donors (Lipinski definition) is 3. The van der Waals surface area contributed by atoms with E-state index in [-0.39, 0.29) is 21.9 Å². The van der Waals surface area contributed by atoms with E-state index in [1.807, 2.05) is 22.9 Å². The van der Waals surface area contributed by atoms with Crippen LogP contribution in [-0.4, -0.2) is 90.9 Å². The van der Waals surface area contributed by atoms with Gasteiger partial charge in [0, 0.05) is 36.3 Å². The largest absolute Gasteiger partial charge is 0.496 e. The van der Waals surface area contributed by atoms with Crippen molar-refractivity contribution in [3.05, 3.63) is 112 Å². The number of sulfone groups is 1. The third-order valence-corrected chi connectivity index (χ3v) is 12.5. The van der Waals surface area contributed by atoms with Gasteiger partial charge < -0.3 is 20.5 Å². The summed E-state index contributed by atoms with van der Waals surface area (Å²) in [6.45, 7) is 4.80. The molecule has 1 aliphatic rings. The molecular weight excluding hydrogens is 747 g/mol. The zero-order chi connectivity index (χ0) is 39.4. The van der Waals surface area contributed by atoms with Crippen molar-refractivity contribution in [2.75, 3.05) is 57.6 Å². The molecule has 16 heteroatoms. The van der Waals surface area contributed by atoms with Gasteiger partial charge in [-0.2, -0.15) is 0 Å². The van der Waals surface area contributed by atoms with E-state index in [4.69, 9.17) is 15.2 Å². The van der Waals surface area contributed by atoms with Gasteiger partial charge in [-0.1, -0.05) is 48.9 Å². The van der Waals surface area contributed by atoms with Crippen molar-refractivity contribution in [3.8, 4) is 16.9 Å². The Morgan fingerprint density at radius 2 is 1.65 bits per heavy atom. The molecule has 0 saturated carbocycles. The zero-order valence-corrected chi connectivity index (χ0v) is 32.3. The van der Waals surface area contributed by atoms with Crippen molar-refractivity contribution in [1.29, 1.82) is 0 Å². The van der Waals surface area contributed by atoms with Gasteiger partial charge in [-0.3, -0.25) is 19.8 Å². The Balaban J connectivity index is 1.26. The van der Waals surface area contributed by atoms with Crippen molar-refractivity contribution in [2.45, 2.75) is 47.9 Å². The van der Waals surface area contributed by atoms with E-state index in [0.717, 1.165) is 74.5 Å². The third kappa shape index (κ3) is 11.3. The minimum absolute atomic E-state index is 0.0544. The highest BCUT2D eigenvalue weighted by Crippen LogP contribution is 2.32. The molecule has 294 valence electrons. The van der Waals surface area contributed by atoms with E-state index in [2.05, 4.69) is 10.2 Å². The van der Waals surface area contributed by atoms with Crippen molar-refractivity contribution in [3.63, 3.8) is 0 Å². The Kier molecular flexibility index (Phi) is 14.4.